The van der Waals surface area contributed by atoms with Gasteiger partial charge < -0.3 is 5.32 Å². The molecule has 0 fully saturated rings. The van der Waals surface area contributed by atoms with Crippen molar-refractivity contribution in [1.29, 1.82) is 0 Å². The molecule has 3 rings (SSSR count). The molecule has 0 aliphatic carbocycles. The van der Waals surface area contributed by atoms with E-state index in [9.17, 15) is 22.8 Å². The number of sulfonamides is 1. The highest BCUT2D eigenvalue weighted by Crippen LogP contribution is 2.22. The first-order chi connectivity index (χ1) is 13.4. The number of amides is 3. The highest BCUT2D eigenvalue weighted by atomic mass is 32.2. The van der Waals surface area contributed by atoms with Crippen LogP contribution in [0.2, 0.25) is 0 Å². The molecule has 0 unspecified atom stereocenters. The van der Waals surface area contributed by atoms with Gasteiger partial charge in [-0.15, -0.1) is 11.3 Å². The van der Waals surface area contributed by atoms with Gasteiger partial charge in [-0.1, -0.05) is 18.2 Å². The molecule has 0 bridgehead atoms. The monoisotopic (exact) mass is 421 g/mol. The van der Waals surface area contributed by atoms with Gasteiger partial charge >= 0.3 is 0 Å². The highest BCUT2D eigenvalue weighted by Gasteiger charge is 2.34. The summed E-state index contributed by atoms with van der Waals surface area (Å²) >= 11 is 1.12. The zero-order valence-electron chi connectivity index (χ0n) is 14.9. The Morgan fingerprint density at radius 1 is 1.00 bits per heavy atom. The van der Waals surface area contributed by atoms with Gasteiger partial charge in [-0.25, -0.2) is 13.1 Å². The number of thiophene rings is 1. The zero-order valence-corrected chi connectivity index (χ0v) is 16.5. The Kier molecular flexibility index (Phi) is 6.22. The molecule has 2 heterocycles. The summed E-state index contributed by atoms with van der Waals surface area (Å²) in [5.41, 5.74) is 0.768. The molecule has 0 spiro atoms. The Bertz CT molecular complexity index is 951. The summed E-state index contributed by atoms with van der Waals surface area (Å²) in [5, 5.41) is 4.29. The van der Waals surface area contributed by atoms with E-state index in [1.165, 1.54) is 6.07 Å². The lowest BCUT2D eigenvalue weighted by molar-refractivity contribution is -0.121. The maximum atomic E-state index is 12.2. The third-order valence-electron chi connectivity index (χ3n) is 4.16. The molecule has 0 atom stereocenters. The highest BCUT2D eigenvalue weighted by molar-refractivity contribution is 7.91. The molecule has 28 heavy (non-hydrogen) atoms. The minimum absolute atomic E-state index is 0.0738. The lowest BCUT2D eigenvalue weighted by atomic mass is 10.1. The minimum atomic E-state index is -3.55. The number of hydrogen-bond acceptors (Lipinski definition) is 6. The molecule has 0 saturated heterocycles. The van der Waals surface area contributed by atoms with Crippen LogP contribution in [0.15, 0.2) is 46.0 Å². The number of carbonyl (C=O) groups excluding carboxylic acids is 3. The largest absolute Gasteiger partial charge is 0.355 e. The van der Waals surface area contributed by atoms with E-state index in [-0.39, 0.29) is 48.0 Å². The average Bonchev–Trinajstić information content (AvgIpc) is 3.30. The lowest BCUT2D eigenvalue weighted by Crippen LogP contribution is -2.35. The Balaban J connectivity index is 1.37. The summed E-state index contributed by atoms with van der Waals surface area (Å²) in [6.45, 7) is 0.381. The van der Waals surface area contributed by atoms with Crippen LogP contribution in [0, 0.1) is 0 Å². The third-order valence-corrected chi connectivity index (χ3v) is 7.02. The molecule has 1 aliphatic rings. The SMILES string of the molecule is O=C(CCCN1C(=O)c2ccccc2C1=O)NCCNS(=O)(=O)c1cccs1. The van der Waals surface area contributed by atoms with Crippen LogP contribution in [-0.4, -0.2) is 50.7 Å². The molecule has 1 aromatic carbocycles. The van der Waals surface area contributed by atoms with Gasteiger partial charge in [0.05, 0.1) is 11.1 Å². The van der Waals surface area contributed by atoms with Crippen LogP contribution in [0.5, 0.6) is 0 Å². The second-order valence-electron chi connectivity index (χ2n) is 6.09. The van der Waals surface area contributed by atoms with E-state index in [2.05, 4.69) is 10.0 Å². The van der Waals surface area contributed by atoms with E-state index in [4.69, 9.17) is 0 Å². The van der Waals surface area contributed by atoms with Crippen LogP contribution in [0.4, 0.5) is 0 Å². The molecule has 2 N–H and O–H groups in total. The van der Waals surface area contributed by atoms with Gasteiger partial charge in [0, 0.05) is 26.1 Å². The van der Waals surface area contributed by atoms with Crippen LogP contribution in [0.1, 0.15) is 33.6 Å². The molecule has 3 amide bonds. The Hall–Kier alpha value is -2.56. The predicted molar refractivity (Wildman–Crippen MR) is 104 cm³/mol. The number of carbonyl (C=O) groups is 3. The van der Waals surface area contributed by atoms with E-state index in [0.717, 1.165) is 16.2 Å². The van der Waals surface area contributed by atoms with E-state index >= 15 is 0 Å². The Morgan fingerprint density at radius 3 is 2.29 bits per heavy atom. The number of nitrogens with zero attached hydrogens (tertiary/aromatic N) is 1. The smallest absolute Gasteiger partial charge is 0.261 e. The van der Waals surface area contributed by atoms with E-state index in [1.54, 1.807) is 35.7 Å². The number of fused-ring (bicyclic) bond motifs is 1. The molecule has 0 radical (unpaired) electrons. The summed E-state index contributed by atoms with van der Waals surface area (Å²) in [6.07, 6.45) is 0.462. The van der Waals surface area contributed by atoms with Crippen LogP contribution >= 0.6 is 11.3 Å². The summed E-state index contributed by atoms with van der Waals surface area (Å²) in [6, 6.07) is 9.78. The van der Waals surface area contributed by atoms with Crippen molar-refractivity contribution in [3.8, 4) is 0 Å². The summed E-state index contributed by atoms with van der Waals surface area (Å²) in [4.78, 5) is 37.5. The van der Waals surface area contributed by atoms with Crippen LogP contribution in [0.25, 0.3) is 0 Å². The standard InChI is InChI=1S/C18H19N3O5S2/c22-15(19-9-10-20-28(25,26)16-8-4-12-27-16)7-3-11-21-17(23)13-5-1-2-6-14(13)18(21)24/h1-2,4-6,8,12,20H,3,7,9-11H2,(H,19,22). The number of rotatable bonds is 9. The number of benzene rings is 1. The average molecular weight is 422 g/mol. The van der Waals surface area contributed by atoms with Gasteiger partial charge in [0.2, 0.25) is 15.9 Å². The molecular weight excluding hydrogens is 402 g/mol. The lowest BCUT2D eigenvalue weighted by Gasteiger charge is -2.13. The summed E-state index contributed by atoms with van der Waals surface area (Å²) < 4.78 is 26.5. The van der Waals surface area contributed by atoms with Crippen molar-refractivity contribution >= 4 is 39.1 Å². The topological polar surface area (TPSA) is 113 Å². The first-order valence-corrected chi connectivity index (χ1v) is 11.0. The Morgan fingerprint density at radius 2 is 1.68 bits per heavy atom. The molecular formula is C18H19N3O5S2. The maximum absolute atomic E-state index is 12.2. The van der Waals surface area contributed by atoms with Gasteiger partial charge in [0.25, 0.3) is 11.8 Å². The molecule has 0 saturated carbocycles. The van der Waals surface area contributed by atoms with E-state index in [0.29, 0.717) is 17.5 Å². The fraction of sp³-hybridized carbons (Fsp3) is 0.278. The van der Waals surface area contributed by atoms with Crippen molar-refractivity contribution in [2.24, 2.45) is 0 Å². The molecule has 10 heteroatoms. The third kappa shape index (κ3) is 4.46. The van der Waals surface area contributed by atoms with E-state index < -0.39 is 10.0 Å². The molecule has 2 aromatic rings. The molecule has 1 aromatic heterocycles. The van der Waals surface area contributed by atoms with Crippen LogP contribution in [0.3, 0.4) is 0 Å². The van der Waals surface area contributed by atoms with Gasteiger partial charge in [-0.3, -0.25) is 19.3 Å². The second kappa shape index (κ2) is 8.63. The van der Waals surface area contributed by atoms with Gasteiger partial charge in [0.15, 0.2) is 0 Å². The van der Waals surface area contributed by atoms with Crippen molar-refractivity contribution in [2.45, 2.75) is 17.1 Å². The molecule has 148 valence electrons. The summed E-state index contributed by atoms with van der Waals surface area (Å²) in [5.74, 6) is -0.958. The quantitative estimate of drug-likeness (QED) is 0.467. The van der Waals surface area contributed by atoms with Crippen molar-refractivity contribution in [3.63, 3.8) is 0 Å². The first kappa shape index (κ1) is 20.2. The maximum Gasteiger partial charge on any atom is 0.261 e. The number of hydrogen-bond donors (Lipinski definition) is 2. The Labute approximate surface area is 166 Å². The van der Waals surface area contributed by atoms with Crippen molar-refractivity contribution in [3.05, 3.63) is 52.9 Å². The van der Waals surface area contributed by atoms with Gasteiger partial charge in [-0.2, -0.15) is 0 Å². The van der Waals surface area contributed by atoms with Crippen LogP contribution < -0.4 is 10.0 Å². The second-order valence-corrected chi connectivity index (χ2v) is 9.03. The zero-order chi connectivity index (χ0) is 20.1. The van der Waals surface area contributed by atoms with Crippen molar-refractivity contribution in [1.82, 2.24) is 14.9 Å². The minimum Gasteiger partial charge on any atom is -0.355 e. The number of nitrogens with one attached hydrogen (secondary N) is 2. The van der Waals surface area contributed by atoms with Crippen molar-refractivity contribution < 1.29 is 22.8 Å². The fourth-order valence-electron chi connectivity index (χ4n) is 2.80. The first-order valence-electron chi connectivity index (χ1n) is 8.65. The van der Waals surface area contributed by atoms with E-state index in [1.807, 2.05) is 0 Å². The number of imide groups is 1. The summed E-state index contributed by atoms with van der Waals surface area (Å²) in [7, 11) is -3.55. The van der Waals surface area contributed by atoms with Crippen molar-refractivity contribution in [2.75, 3.05) is 19.6 Å². The normalized spacial score (nSPS) is 13.6. The van der Waals surface area contributed by atoms with Crippen LogP contribution in [-0.2, 0) is 14.8 Å². The van der Waals surface area contributed by atoms with Gasteiger partial charge in [0.1, 0.15) is 4.21 Å². The van der Waals surface area contributed by atoms with Gasteiger partial charge in [-0.05, 0) is 30.0 Å². The predicted octanol–water partition coefficient (Wildman–Crippen LogP) is 1.22. The molecule has 8 nitrogen and oxygen atoms in total. The fourth-order valence-corrected chi connectivity index (χ4v) is 4.87. The molecule has 1 aliphatic heterocycles.